The van der Waals surface area contributed by atoms with Gasteiger partial charge in [0.15, 0.2) is 0 Å². The van der Waals surface area contributed by atoms with Crippen molar-refractivity contribution in [1.29, 1.82) is 0 Å². The fraction of sp³-hybridized carbons (Fsp3) is 0.375. The summed E-state index contributed by atoms with van der Waals surface area (Å²) in [4.78, 5) is 62.7. The number of fused-ring (bicyclic) bond motifs is 2. The molecule has 3 atom stereocenters. The summed E-state index contributed by atoms with van der Waals surface area (Å²) in [5.74, 6) is -2.71. The Bertz CT molecular complexity index is 1170. The number of hydrogen-bond donors (Lipinski definition) is 1. The fourth-order valence-electron chi connectivity index (χ4n) is 4.32. The Kier molecular flexibility index (Phi) is 6.97. The average Bonchev–Trinajstić information content (AvgIpc) is 3.30. The summed E-state index contributed by atoms with van der Waals surface area (Å²) >= 11 is 1.21. The Morgan fingerprint density at radius 2 is 1.94 bits per heavy atom. The predicted octanol–water partition coefficient (Wildman–Crippen LogP) is 2.52. The van der Waals surface area contributed by atoms with Crippen molar-refractivity contribution in [3.8, 4) is 0 Å². The number of amides is 2. The van der Waals surface area contributed by atoms with E-state index >= 15 is 0 Å². The van der Waals surface area contributed by atoms with Crippen LogP contribution in [0.4, 0.5) is 0 Å². The van der Waals surface area contributed by atoms with Crippen LogP contribution in [0.3, 0.4) is 0 Å². The Labute approximate surface area is 205 Å². The maximum Gasteiger partial charge on any atom is 0.359 e. The first-order valence-electron chi connectivity index (χ1n) is 11.0. The Morgan fingerprint density at radius 3 is 2.66 bits per heavy atom. The number of hydrogen-bond acceptors (Lipinski definition) is 9. The smallest absolute Gasteiger partial charge is 0.359 e. The maximum atomic E-state index is 13.3. The molecule has 184 valence electrons. The SMILES string of the molecule is CC(=O)NC(C)=CSC1=C(C(=O)OC2OC(=O)c3ccccc32)N2C(=O)[C@@H](CCOC(C)=O)[C@H]2C1. The third-order valence-electron chi connectivity index (χ3n) is 5.79. The molecule has 10 nitrogen and oxygen atoms in total. The maximum absolute atomic E-state index is 13.3. The molecule has 3 aliphatic heterocycles. The first-order chi connectivity index (χ1) is 16.7. The van der Waals surface area contributed by atoms with Crippen LogP contribution < -0.4 is 5.32 Å². The third-order valence-corrected chi connectivity index (χ3v) is 6.91. The number of rotatable bonds is 8. The van der Waals surface area contributed by atoms with Crippen molar-refractivity contribution in [2.24, 2.45) is 5.92 Å². The highest BCUT2D eigenvalue weighted by atomic mass is 32.2. The molecule has 1 aromatic rings. The molecule has 0 saturated carbocycles. The number of allylic oxidation sites excluding steroid dienone is 1. The van der Waals surface area contributed by atoms with Crippen molar-refractivity contribution >= 4 is 41.5 Å². The highest BCUT2D eigenvalue weighted by molar-refractivity contribution is 8.05. The number of nitrogens with one attached hydrogen (secondary N) is 1. The van der Waals surface area contributed by atoms with Gasteiger partial charge in [-0.25, -0.2) is 9.59 Å². The standard InChI is InChI=1S/C24H24N2O8S/c1-12(25-13(2)27)11-35-19-10-18-17(8-9-32-14(3)28)21(29)26(18)20(19)23(31)34-24-16-7-5-4-6-15(16)22(30)33-24/h4-7,11,17-18,24H,8-10H2,1-3H3,(H,25,27)/t17-,18+,24?/m0/s1. The lowest BCUT2D eigenvalue weighted by Crippen LogP contribution is -2.58. The lowest BCUT2D eigenvalue weighted by Gasteiger charge is -2.43. The van der Waals surface area contributed by atoms with E-state index in [2.05, 4.69) is 5.32 Å². The van der Waals surface area contributed by atoms with Crippen LogP contribution in [-0.2, 0) is 33.4 Å². The van der Waals surface area contributed by atoms with Crippen molar-refractivity contribution in [3.63, 3.8) is 0 Å². The van der Waals surface area contributed by atoms with Crippen molar-refractivity contribution in [3.05, 3.63) is 57.1 Å². The lowest BCUT2D eigenvalue weighted by molar-refractivity contribution is -0.170. The summed E-state index contributed by atoms with van der Waals surface area (Å²) in [7, 11) is 0. The van der Waals surface area contributed by atoms with E-state index in [4.69, 9.17) is 14.2 Å². The molecule has 0 spiro atoms. The second-order valence-electron chi connectivity index (χ2n) is 8.32. The minimum atomic E-state index is -1.21. The number of cyclic esters (lactones) is 1. The van der Waals surface area contributed by atoms with Gasteiger partial charge in [-0.3, -0.25) is 14.4 Å². The van der Waals surface area contributed by atoms with E-state index < -0.39 is 30.1 Å². The normalized spacial score (nSPS) is 22.8. The molecule has 1 saturated heterocycles. The molecule has 1 fully saturated rings. The van der Waals surface area contributed by atoms with Crippen LogP contribution in [0.1, 0.15) is 55.8 Å². The molecule has 1 unspecified atom stereocenters. The molecule has 0 radical (unpaired) electrons. The van der Waals surface area contributed by atoms with E-state index in [1.54, 1.807) is 36.6 Å². The second kappa shape index (κ2) is 9.95. The summed E-state index contributed by atoms with van der Waals surface area (Å²) < 4.78 is 15.7. The highest BCUT2D eigenvalue weighted by Gasteiger charge is 2.55. The monoisotopic (exact) mass is 500 g/mol. The first kappa shape index (κ1) is 24.5. The van der Waals surface area contributed by atoms with Crippen LogP contribution in [0.25, 0.3) is 0 Å². The van der Waals surface area contributed by atoms with Gasteiger partial charge in [-0.2, -0.15) is 0 Å². The minimum Gasteiger partial charge on any atom is -0.466 e. The molecule has 35 heavy (non-hydrogen) atoms. The van der Waals surface area contributed by atoms with Gasteiger partial charge >= 0.3 is 17.9 Å². The molecule has 11 heteroatoms. The molecule has 4 rings (SSSR count). The van der Waals surface area contributed by atoms with Crippen molar-refractivity contribution in [2.45, 2.75) is 45.9 Å². The van der Waals surface area contributed by atoms with Crippen LogP contribution in [0.5, 0.6) is 0 Å². The van der Waals surface area contributed by atoms with Gasteiger partial charge in [0.2, 0.25) is 11.8 Å². The van der Waals surface area contributed by atoms with Crippen LogP contribution in [0.2, 0.25) is 0 Å². The number of carbonyl (C=O) groups is 5. The third kappa shape index (κ3) is 4.95. The molecule has 2 amide bonds. The number of β-lactam (4-membered cyclic amide) rings is 1. The van der Waals surface area contributed by atoms with Gasteiger partial charge in [-0.1, -0.05) is 30.0 Å². The molecule has 0 aromatic heterocycles. The number of thioether (sulfide) groups is 1. The quantitative estimate of drug-likeness (QED) is 0.423. The van der Waals surface area contributed by atoms with Crippen molar-refractivity contribution in [1.82, 2.24) is 10.2 Å². The Hall–Kier alpha value is -3.60. The van der Waals surface area contributed by atoms with E-state index in [0.29, 0.717) is 34.6 Å². The van der Waals surface area contributed by atoms with Gasteiger partial charge in [0.05, 0.1) is 24.1 Å². The molecule has 3 aliphatic rings. The van der Waals surface area contributed by atoms with Crippen LogP contribution in [0, 0.1) is 5.92 Å². The summed E-state index contributed by atoms with van der Waals surface area (Å²) in [6.45, 7) is 4.50. The number of ether oxygens (including phenoxy) is 3. The molecular formula is C24H24N2O8S. The minimum absolute atomic E-state index is 0.0843. The summed E-state index contributed by atoms with van der Waals surface area (Å²) in [6.07, 6.45) is -0.471. The van der Waals surface area contributed by atoms with Gasteiger partial charge in [0.25, 0.3) is 6.29 Å². The molecule has 3 heterocycles. The zero-order valence-corrected chi connectivity index (χ0v) is 20.2. The molecule has 1 N–H and O–H groups in total. The van der Waals surface area contributed by atoms with Gasteiger partial charge in [-0.15, -0.1) is 0 Å². The number of esters is 3. The molecule has 1 aromatic carbocycles. The van der Waals surface area contributed by atoms with E-state index in [1.807, 2.05) is 0 Å². The topological polar surface area (TPSA) is 128 Å². The second-order valence-corrected chi connectivity index (χ2v) is 9.28. The van der Waals surface area contributed by atoms with Crippen molar-refractivity contribution in [2.75, 3.05) is 6.61 Å². The lowest BCUT2D eigenvalue weighted by atomic mass is 9.85. The van der Waals surface area contributed by atoms with Gasteiger partial charge in [-0.05, 0) is 24.8 Å². The molecule has 0 bridgehead atoms. The average molecular weight is 501 g/mol. The fourth-order valence-corrected chi connectivity index (χ4v) is 5.25. The predicted molar refractivity (Wildman–Crippen MR) is 123 cm³/mol. The first-order valence-corrected chi connectivity index (χ1v) is 11.9. The Morgan fingerprint density at radius 1 is 1.20 bits per heavy atom. The van der Waals surface area contributed by atoms with Crippen LogP contribution in [0.15, 0.2) is 46.0 Å². The highest BCUT2D eigenvalue weighted by Crippen LogP contribution is 2.48. The molecule has 0 aliphatic carbocycles. The largest absolute Gasteiger partial charge is 0.466 e. The van der Waals surface area contributed by atoms with Crippen LogP contribution >= 0.6 is 11.8 Å². The van der Waals surface area contributed by atoms with E-state index in [0.717, 1.165) is 0 Å². The van der Waals surface area contributed by atoms with Gasteiger partial charge < -0.3 is 24.4 Å². The number of carbonyl (C=O) groups excluding carboxylic acids is 5. The van der Waals surface area contributed by atoms with Crippen LogP contribution in [-0.4, -0.2) is 47.3 Å². The summed E-state index contributed by atoms with van der Waals surface area (Å²) in [5, 5.41) is 4.34. The number of nitrogens with zero attached hydrogens (tertiary/aromatic N) is 1. The zero-order chi connectivity index (χ0) is 25.3. The molecular weight excluding hydrogens is 476 g/mol. The number of benzene rings is 1. The van der Waals surface area contributed by atoms with Gasteiger partial charge in [0, 0.05) is 36.4 Å². The zero-order valence-electron chi connectivity index (χ0n) is 19.4. The van der Waals surface area contributed by atoms with Gasteiger partial charge in [0.1, 0.15) is 5.70 Å². The van der Waals surface area contributed by atoms with E-state index in [1.165, 1.54) is 30.5 Å². The summed E-state index contributed by atoms with van der Waals surface area (Å²) in [6, 6.07) is 6.33. The summed E-state index contributed by atoms with van der Waals surface area (Å²) in [5.41, 5.74) is 1.41. The van der Waals surface area contributed by atoms with E-state index in [9.17, 15) is 24.0 Å². The Balaban J connectivity index is 1.55. The van der Waals surface area contributed by atoms with E-state index in [-0.39, 0.29) is 30.2 Å². The van der Waals surface area contributed by atoms with Crippen molar-refractivity contribution < 1.29 is 38.2 Å².